The van der Waals surface area contributed by atoms with Crippen LogP contribution in [0.25, 0.3) is 10.9 Å². The molecule has 0 aliphatic carbocycles. The van der Waals surface area contributed by atoms with E-state index in [1.807, 2.05) is 17.2 Å². The maximum absolute atomic E-state index is 12.0. The second-order valence-electron chi connectivity index (χ2n) is 6.94. The minimum Gasteiger partial charge on any atom is -0.358 e. The zero-order valence-electron chi connectivity index (χ0n) is 15.4. The number of likely N-dealkylation sites (N-methyl/N-ethyl adjacent to an activating group) is 1. The van der Waals surface area contributed by atoms with Crippen LogP contribution in [0.3, 0.4) is 0 Å². The van der Waals surface area contributed by atoms with E-state index < -0.39 is 0 Å². The van der Waals surface area contributed by atoms with Crippen molar-refractivity contribution >= 4 is 22.7 Å². The summed E-state index contributed by atoms with van der Waals surface area (Å²) in [5.74, 6) is 0.360. The Morgan fingerprint density at radius 2 is 2.00 bits per heavy atom. The predicted molar refractivity (Wildman–Crippen MR) is 102 cm³/mol. The topological polar surface area (TPSA) is 65.5 Å². The van der Waals surface area contributed by atoms with Crippen LogP contribution in [0.4, 0.5) is 0 Å². The molecule has 1 aromatic carbocycles. The highest BCUT2D eigenvalue weighted by Gasteiger charge is 2.25. The largest absolute Gasteiger partial charge is 0.358 e. The van der Waals surface area contributed by atoms with Gasteiger partial charge in [0.15, 0.2) is 0 Å². The van der Waals surface area contributed by atoms with Crippen molar-refractivity contribution in [2.24, 2.45) is 5.92 Å². The number of nitrogens with zero attached hydrogens (tertiary/aromatic N) is 3. The summed E-state index contributed by atoms with van der Waals surface area (Å²) in [6.45, 7) is 4.87. The number of nitrogens with one attached hydrogen (secondary N) is 1. The van der Waals surface area contributed by atoms with Gasteiger partial charge in [-0.15, -0.1) is 0 Å². The molecule has 0 radical (unpaired) electrons. The Bertz CT molecular complexity index is 787. The van der Waals surface area contributed by atoms with Crippen molar-refractivity contribution in [2.75, 3.05) is 39.8 Å². The second kappa shape index (κ2) is 8.27. The zero-order valence-corrected chi connectivity index (χ0v) is 15.4. The van der Waals surface area contributed by atoms with Gasteiger partial charge >= 0.3 is 0 Å². The van der Waals surface area contributed by atoms with E-state index in [-0.39, 0.29) is 17.7 Å². The van der Waals surface area contributed by atoms with Gasteiger partial charge in [-0.1, -0.05) is 24.3 Å². The summed E-state index contributed by atoms with van der Waals surface area (Å²) in [5.41, 5.74) is 2.21. The predicted octanol–water partition coefficient (Wildman–Crippen LogP) is 1.30. The van der Waals surface area contributed by atoms with Gasteiger partial charge in [0, 0.05) is 51.7 Å². The van der Waals surface area contributed by atoms with Crippen molar-refractivity contribution in [1.29, 1.82) is 0 Å². The normalized spacial score (nSPS) is 18.5. The lowest BCUT2D eigenvalue weighted by atomic mass is 9.96. The fraction of sp³-hybridized carbons (Fsp3) is 0.450. The lowest BCUT2D eigenvalue weighted by molar-refractivity contribution is -0.129. The third-order valence-corrected chi connectivity index (χ3v) is 5.00. The SMILES string of the molecule is CNC(=O)CN1CCN(C(C)=O)C[C@H](Cc2cccc3cccnc23)C1. The van der Waals surface area contributed by atoms with E-state index in [1.165, 1.54) is 5.56 Å². The Balaban J connectivity index is 1.82. The van der Waals surface area contributed by atoms with Crippen LogP contribution in [0, 0.1) is 5.92 Å². The highest BCUT2D eigenvalue weighted by atomic mass is 16.2. The summed E-state index contributed by atoms with van der Waals surface area (Å²) in [6.07, 6.45) is 2.65. The number of benzene rings is 1. The number of amides is 2. The Hall–Kier alpha value is -2.47. The first-order chi connectivity index (χ1) is 12.6. The smallest absolute Gasteiger partial charge is 0.233 e. The molecule has 2 aromatic rings. The maximum atomic E-state index is 12.0. The van der Waals surface area contributed by atoms with E-state index in [4.69, 9.17) is 0 Å². The van der Waals surface area contributed by atoms with E-state index in [0.717, 1.165) is 30.4 Å². The van der Waals surface area contributed by atoms with Gasteiger partial charge in [-0.2, -0.15) is 0 Å². The molecule has 1 aliphatic heterocycles. The average molecular weight is 354 g/mol. The van der Waals surface area contributed by atoms with E-state index in [1.54, 1.807) is 14.0 Å². The Morgan fingerprint density at radius 1 is 1.19 bits per heavy atom. The first kappa shape index (κ1) is 18.3. The van der Waals surface area contributed by atoms with Gasteiger partial charge < -0.3 is 10.2 Å². The molecule has 1 saturated heterocycles. The molecule has 6 heteroatoms. The summed E-state index contributed by atoms with van der Waals surface area (Å²) in [5, 5.41) is 3.81. The molecule has 26 heavy (non-hydrogen) atoms. The van der Waals surface area contributed by atoms with Crippen LogP contribution >= 0.6 is 0 Å². The minimum absolute atomic E-state index is 0.00634. The number of pyridine rings is 1. The first-order valence-corrected chi connectivity index (χ1v) is 9.08. The summed E-state index contributed by atoms with van der Waals surface area (Å²) in [6, 6.07) is 10.3. The molecule has 1 N–H and O–H groups in total. The van der Waals surface area contributed by atoms with Crippen LogP contribution in [-0.2, 0) is 16.0 Å². The summed E-state index contributed by atoms with van der Waals surface area (Å²) in [7, 11) is 1.65. The maximum Gasteiger partial charge on any atom is 0.233 e. The molecule has 1 fully saturated rings. The number of rotatable bonds is 4. The van der Waals surface area contributed by atoms with Gasteiger partial charge in [-0.25, -0.2) is 0 Å². The molecule has 0 spiro atoms. The van der Waals surface area contributed by atoms with Gasteiger partial charge in [0.25, 0.3) is 0 Å². The lowest BCUT2D eigenvalue weighted by Crippen LogP contribution is -2.39. The van der Waals surface area contributed by atoms with Crippen molar-refractivity contribution in [1.82, 2.24) is 20.1 Å². The van der Waals surface area contributed by atoms with Crippen molar-refractivity contribution in [3.63, 3.8) is 0 Å². The van der Waals surface area contributed by atoms with Crippen LogP contribution in [0.15, 0.2) is 36.5 Å². The first-order valence-electron chi connectivity index (χ1n) is 9.08. The monoisotopic (exact) mass is 354 g/mol. The Labute approximate surface area is 154 Å². The molecule has 3 rings (SSSR count). The fourth-order valence-electron chi connectivity index (χ4n) is 3.66. The summed E-state index contributed by atoms with van der Waals surface area (Å²) in [4.78, 5) is 32.4. The van der Waals surface area contributed by atoms with Gasteiger partial charge in [-0.3, -0.25) is 19.5 Å². The molecule has 138 valence electrons. The highest BCUT2D eigenvalue weighted by Crippen LogP contribution is 2.21. The standard InChI is InChI=1S/C20H26N4O2/c1-15(25)24-10-9-23(14-19(26)21-2)12-16(13-24)11-18-6-3-5-17-7-4-8-22-20(17)18/h3-8,16H,9-14H2,1-2H3,(H,21,26)/t16-/m1/s1. The molecule has 0 unspecified atom stereocenters. The molecular weight excluding hydrogens is 328 g/mol. The van der Waals surface area contributed by atoms with Crippen LogP contribution < -0.4 is 5.32 Å². The third kappa shape index (κ3) is 4.38. The van der Waals surface area contributed by atoms with Crippen LogP contribution in [-0.4, -0.2) is 66.4 Å². The van der Waals surface area contributed by atoms with Crippen LogP contribution in [0.1, 0.15) is 12.5 Å². The van der Waals surface area contributed by atoms with Gasteiger partial charge in [0.05, 0.1) is 12.1 Å². The molecule has 1 atom stereocenters. The molecule has 1 aliphatic rings. The number of carbonyl (C=O) groups excluding carboxylic acids is 2. The number of carbonyl (C=O) groups is 2. The lowest BCUT2D eigenvalue weighted by Gasteiger charge is -2.24. The number of hydrogen-bond acceptors (Lipinski definition) is 4. The summed E-state index contributed by atoms with van der Waals surface area (Å²) >= 11 is 0. The zero-order chi connectivity index (χ0) is 18.5. The molecule has 1 aromatic heterocycles. The van der Waals surface area contributed by atoms with Crippen molar-refractivity contribution in [3.8, 4) is 0 Å². The van der Waals surface area contributed by atoms with E-state index in [2.05, 4.69) is 39.5 Å². The number of para-hydroxylation sites is 1. The Kier molecular flexibility index (Phi) is 5.83. The number of aromatic nitrogens is 1. The van der Waals surface area contributed by atoms with Gasteiger partial charge in [0.2, 0.25) is 11.8 Å². The van der Waals surface area contributed by atoms with Gasteiger partial charge in [-0.05, 0) is 24.0 Å². The Morgan fingerprint density at radius 3 is 2.77 bits per heavy atom. The van der Waals surface area contributed by atoms with E-state index in [0.29, 0.717) is 19.6 Å². The quantitative estimate of drug-likeness (QED) is 0.899. The van der Waals surface area contributed by atoms with Gasteiger partial charge in [0.1, 0.15) is 0 Å². The van der Waals surface area contributed by atoms with Crippen LogP contribution in [0.5, 0.6) is 0 Å². The fourth-order valence-corrected chi connectivity index (χ4v) is 3.66. The second-order valence-corrected chi connectivity index (χ2v) is 6.94. The van der Waals surface area contributed by atoms with Crippen molar-refractivity contribution in [3.05, 3.63) is 42.1 Å². The minimum atomic E-state index is 0.00634. The van der Waals surface area contributed by atoms with Crippen molar-refractivity contribution < 1.29 is 9.59 Å². The van der Waals surface area contributed by atoms with Crippen LogP contribution in [0.2, 0.25) is 0 Å². The highest BCUT2D eigenvalue weighted by molar-refractivity contribution is 5.81. The molecule has 6 nitrogen and oxygen atoms in total. The molecule has 0 saturated carbocycles. The summed E-state index contributed by atoms with van der Waals surface area (Å²) < 4.78 is 0. The number of fused-ring (bicyclic) bond motifs is 1. The van der Waals surface area contributed by atoms with Crippen molar-refractivity contribution in [2.45, 2.75) is 13.3 Å². The average Bonchev–Trinajstić information content (AvgIpc) is 2.84. The number of hydrogen-bond donors (Lipinski definition) is 1. The molecule has 0 bridgehead atoms. The molecular formula is C20H26N4O2. The third-order valence-electron chi connectivity index (χ3n) is 5.00. The van der Waals surface area contributed by atoms with E-state index in [9.17, 15) is 9.59 Å². The molecule has 2 heterocycles. The molecule has 2 amide bonds. The van der Waals surface area contributed by atoms with E-state index >= 15 is 0 Å².